The van der Waals surface area contributed by atoms with Gasteiger partial charge in [0.05, 0.1) is 16.8 Å². The number of halogens is 1. The number of anilines is 1. The Morgan fingerprint density at radius 1 is 0.553 bits per heavy atom. The summed E-state index contributed by atoms with van der Waals surface area (Å²) in [6, 6.07) is 42.2. The Morgan fingerprint density at radius 2 is 0.974 bits per heavy atom. The van der Waals surface area contributed by atoms with Crippen molar-refractivity contribution >= 4 is 40.7 Å². The van der Waals surface area contributed by atoms with Crippen LogP contribution in [0.25, 0.3) is 0 Å². The summed E-state index contributed by atoms with van der Waals surface area (Å²) in [6.07, 6.45) is 0.508. The van der Waals surface area contributed by atoms with E-state index in [1.165, 1.54) is 12.1 Å². The van der Waals surface area contributed by atoms with Crippen molar-refractivity contribution in [1.82, 2.24) is 0 Å². The van der Waals surface area contributed by atoms with Crippen LogP contribution in [0.3, 0.4) is 0 Å². The number of fused-ring (bicyclic) bond motifs is 1. The van der Waals surface area contributed by atoms with Gasteiger partial charge < -0.3 is 0 Å². The van der Waals surface area contributed by atoms with Gasteiger partial charge in [0.1, 0.15) is 35.2 Å². The van der Waals surface area contributed by atoms with Crippen LogP contribution in [0.4, 0.5) is 10.1 Å². The Labute approximate surface area is 221 Å². The third-order valence-corrected chi connectivity index (χ3v) is 11.4. The molecule has 0 radical (unpaired) electrons. The minimum Gasteiger partial charge on any atom is -0.268 e. The molecule has 1 aliphatic rings. The van der Waals surface area contributed by atoms with Crippen LogP contribution in [0.5, 0.6) is 0 Å². The van der Waals surface area contributed by atoms with E-state index in [0.717, 1.165) is 26.4 Å². The Bertz CT molecular complexity index is 1510. The van der Waals surface area contributed by atoms with E-state index in [2.05, 4.69) is 36.4 Å². The van der Waals surface area contributed by atoms with Gasteiger partial charge in [-0.05, 0) is 60.7 Å². The fraction of sp³-hybridized carbons (Fsp3) is 0.0303. The van der Waals surface area contributed by atoms with Gasteiger partial charge >= 0.3 is 0 Å². The molecular formula is C33H24FNO2P+. The second-order valence-corrected chi connectivity index (χ2v) is 12.7. The maximum atomic E-state index is 14.7. The van der Waals surface area contributed by atoms with E-state index in [1.807, 2.05) is 54.6 Å². The molecule has 184 valence electrons. The molecule has 6 rings (SSSR count). The maximum Gasteiger partial charge on any atom is 0.266 e. The Balaban J connectivity index is 1.59. The summed E-state index contributed by atoms with van der Waals surface area (Å²) < 4.78 is 14.7. The van der Waals surface area contributed by atoms with Crippen LogP contribution < -0.4 is 20.8 Å². The molecule has 0 aromatic heterocycles. The molecule has 0 atom stereocenters. The molecule has 5 heteroatoms. The van der Waals surface area contributed by atoms with Crippen LogP contribution in [-0.4, -0.2) is 11.8 Å². The van der Waals surface area contributed by atoms with Crippen LogP contribution in [0.2, 0.25) is 0 Å². The third-order valence-electron chi connectivity index (χ3n) is 7.08. The summed E-state index contributed by atoms with van der Waals surface area (Å²) in [5, 5.41) is 3.49. The van der Waals surface area contributed by atoms with Crippen LogP contribution in [0.1, 0.15) is 26.3 Å². The van der Waals surface area contributed by atoms with Crippen molar-refractivity contribution in [2.24, 2.45) is 0 Å². The molecule has 1 heterocycles. The molecule has 0 unspecified atom stereocenters. The molecule has 0 N–H and O–H groups in total. The number of hydrogen-bond donors (Lipinski definition) is 0. The number of hydrogen-bond acceptors (Lipinski definition) is 2. The summed E-state index contributed by atoms with van der Waals surface area (Å²) in [5.41, 5.74) is 1.71. The number of benzene rings is 5. The molecule has 38 heavy (non-hydrogen) atoms. The number of amides is 2. The fourth-order valence-corrected chi connectivity index (χ4v) is 9.57. The molecular weight excluding hydrogens is 492 g/mol. The maximum absolute atomic E-state index is 14.7. The van der Waals surface area contributed by atoms with Crippen molar-refractivity contribution in [1.29, 1.82) is 0 Å². The van der Waals surface area contributed by atoms with Gasteiger partial charge in [-0.1, -0.05) is 72.8 Å². The normalized spacial score (nSPS) is 13.0. The first-order valence-corrected chi connectivity index (χ1v) is 14.4. The average molecular weight is 517 g/mol. The molecule has 0 bridgehead atoms. The number of rotatable bonds is 6. The summed E-state index contributed by atoms with van der Waals surface area (Å²) in [4.78, 5) is 28.0. The number of imide groups is 1. The highest BCUT2D eigenvalue weighted by atomic mass is 31.2. The molecule has 0 fully saturated rings. The van der Waals surface area contributed by atoms with Crippen LogP contribution in [0, 0.1) is 5.82 Å². The summed E-state index contributed by atoms with van der Waals surface area (Å²) in [7, 11) is -2.34. The minimum atomic E-state index is -2.34. The van der Waals surface area contributed by atoms with Gasteiger partial charge in [-0.2, -0.15) is 0 Å². The molecule has 1 aliphatic heterocycles. The van der Waals surface area contributed by atoms with Crippen molar-refractivity contribution < 1.29 is 14.0 Å². The highest BCUT2D eigenvalue weighted by Crippen LogP contribution is 2.59. The second-order valence-electron chi connectivity index (χ2n) is 9.24. The largest absolute Gasteiger partial charge is 0.268 e. The minimum absolute atomic E-state index is 0.295. The van der Waals surface area contributed by atoms with E-state index in [1.54, 1.807) is 30.3 Å². The summed E-state index contributed by atoms with van der Waals surface area (Å²) in [5.74, 6) is -1.36. The van der Waals surface area contributed by atoms with E-state index in [9.17, 15) is 14.0 Å². The highest BCUT2D eigenvalue weighted by Gasteiger charge is 2.47. The van der Waals surface area contributed by atoms with Crippen molar-refractivity contribution in [3.8, 4) is 0 Å². The lowest BCUT2D eigenvalue weighted by molar-refractivity contribution is 0.0926. The van der Waals surface area contributed by atoms with Gasteiger partial charge in [0.25, 0.3) is 11.8 Å². The second kappa shape index (κ2) is 9.81. The van der Waals surface area contributed by atoms with Crippen molar-refractivity contribution in [2.45, 2.75) is 6.16 Å². The zero-order valence-electron chi connectivity index (χ0n) is 20.5. The molecule has 2 amide bonds. The van der Waals surface area contributed by atoms with Gasteiger partial charge in [0.2, 0.25) is 0 Å². The predicted molar refractivity (Wildman–Crippen MR) is 153 cm³/mol. The average Bonchev–Trinajstić information content (AvgIpc) is 3.23. The van der Waals surface area contributed by atoms with E-state index >= 15 is 0 Å². The molecule has 0 saturated heterocycles. The van der Waals surface area contributed by atoms with E-state index < -0.39 is 24.9 Å². The van der Waals surface area contributed by atoms with Crippen molar-refractivity contribution in [3.05, 3.63) is 156 Å². The molecule has 0 aliphatic carbocycles. The summed E-state index contributed by atoms with van der Waals surface area (Å²) in [6.45, 7) is 0. The monoisotopic (exact) mass is 516 g/mol. The van der Waals surface area contributed by atoms with E-state index in [-0.39, 0.29) is 0 Å². The van der Waals surface area contributed by atoms with E-state index in [0.29, 0.717) is 23.0 Å². The van der Waals surface area contributed by atoms with Crippen molar-refractivity contribution in [2.75, 3.05) is 4.90 Å². The Kier molecular flexibility index (Phi) is 6.19. The number of carbonyl (C=O) groups is 2. The van der Waals surface area contributed by atoms with Gasteiger partial charge in [0, 0.05) is 5.56 Å². The highest BCUT2D eigenvalue weighted by molar-refractivity contribution is 7.95. The Hall–Kier alpha value is -4.40. The standard InChI is InChI=1S/C33H24FNO2P/c34-25-21-20-24(31(22-25)35-32(36)29-18-10-11-19-30(29)33(35)37)23-38(26-12-4-1-5-13-26,27-14-6-2-7-15-27)28-16-8-3-9-17-28/h1-22H,23H2/q+1. The number of nitrogens with zero attached hydrogens (tertiary/aromatic N) is 1. The van der Waals surface area contributed by atoms with Gasteiger partial charge in [-0.15, -0.1) is 0 Å². The zero-order valence-corrected chi connectivity index (χ0v) is 21.4. The van der Waals surface area contributed by atoms with Crippen LogP contribution in [-0.2, 0) is 6.16 Å². The first-order valence-electron chi connectivity index (χ1n) is 12.4. The van der Waals surface area contributed by atoms with Crippen LogP contribution in [0.15, 0.2) is 133 Å². The van der Waals surface area contributed by atoms with Gasteiger partial charge in [-0.25, -0.2) is 9.29 Å². The van der Waals surface area contributed by atoms with Gasteiger partial charge in [-0.3, -0.25) is 9.59 Å². The van der Waals surface area contributed by atoms with E-state index in [4.69, 9.17) is 0 Å². The van der Waals surface area contributed by atoms with Gasteiger partial charge in [0.15, 0.2) is 0 Å². The first kappa shape index (κ1) is 24.0. The SMILES string of the molecule is O=C1c2ccccc2C(=O)N1c1cc(F)ccc1C[P+](c1ccccc1)(c1ccccc1)c1ccccc1. The fourth-order valence-electron chi connectivity index (χ4n) is 5.31. The lowest BCUT2D eigenvalue weighted by Crippen LogP contribution is -2.34. The quantitative estimate of drug-likeness (QED) is 0.201. The predicted octanol–water partition coefficient (Wildman–Crippen LogP) is 6.12. The molecule has 0 saturated carbocycles. The lowest BCUT2D eigenvalue weighted by atomic mass is 10.1. The topological polar surface area (TPSA) is 37.4 Å². The third kappa shape index (κ3) is 3.95. The smallest absolute Gasteiger partial charge is 0.266 e. The molecule has 0 spiro atoms. The molecule has 5 aromatic rings. The summed E-state index contributed by atoms with van der Waals surface area (Å²) >= 11 is 0. The first-order chi connectivity index (χ1) is 18.6. The van der Waals surface area contributed by atoms with Crippen LogP contribution >= 0.6 is 7.26 Å². The Morgan fingerprint density at radius 3 is 1.42 bits per heavy atom. The molecule has 3 nitrogen and oxygen atoms in total. The molecule has 5 aromatic carbocycles. The van der Waals surface area contributed by atoms with Crippen molar-refractivity contribution in [3.63, 3.8) is 0 Å². The number of carbonyl (C=O) groups excluding carboxylic acids is 2. The lowest BCUT2D eigenvalue weighted by Gasteiger charge is -2.29. The zero-order chi connectivity index (χ0) is 26.1.